The van der Waals surface area contributed by atoms with Crippen LogP contribution in [0.3, 0.4) is 0 Å². The maximum Gasteiger partial charge on any atom is 0.410 e. The number of nitrogens with zero attached hydrogens (tertiary/aromatic N) is 3. The smallest absolute Gasteiger partial charge is 0.410 e. The molecule has 1 fully saturated rings. The second kappa shape index (κ2) is 6.28. The van der Waals surface area contributed by atoms with Gasteiger partial charge in [-0.1, -0.05) is 0 Å². The number of carbonyl (C=O) groups excluding carboxylic acids is 1. The van der Waals surface area contributed by atoms with E-state index in [0.29, 0.717) is 19.0 Å². The highest BCUT2D eigenvalue weighted by molar-refractivity contribution is 5.68. The minimum atomic E-state index is -0.480. The highest BCUT2D eigenvalue weighted by Gasteiger charge is 2.29. The fraction of sp³-hybridized carbons (Fsp3) is 0.667. The second-order valence-electron chi connectivity index (χ2n) is 6.26. The van der Waals surface area contributed by atoms with Gasteiger partial charge in [-0.3, -0.25) is 4.98 Å². The summed E-state index contributed by atoms with van der Waals surface area (Å²) in [5, 5.41) is 0. The van der Waals surface area contributed by atoms with E-state index < -0.39 is 5.60 Å². The molecule has 6 heteroatoms. The number of hydrogen-bond donors (Lipinski definition) is 0. The highest BCUT2D eigenvalue weighted by Crippen LogP contribution is 2.20. The molecule has 1 aliphatic rings. The zero-order chi connectivity index (χ0) is 15.5. The van der Waals surface area contributed by atoms with Gasteiger partial charge in [0.15, 0.2) is 0 Å². The van der Waals surface area contributed by atoms with Crippen molar-refractivity contribution in [3.05, 3.63) is 18.1 Å². The highest BCUT2D eigenvalue weighted by atomic mass is 16.6. The van der Waals surface area contributed by atoms with Crippen LogP contribution in [-0.2, 0) is 4.74 Å². The number of rotatable bonds is 2. The molecule has 0 spiro atoms. The monoisotopic (exact) mass is 293 g/mol. The molecule has 1 saturated heterocycles. The van der Waals surface area contributed by atoms with Gasteiger partial charge in [-0.15, -0.1) is 0 Å². The van der Waals surface area contributed by atoms with Crippen molar-refractivity contribution in [3.63, 3.8) is 0 Å². The Morgan fingerprint density at radius 2 is 2.05 bits per heavy atom. The van der Waals surface area contributed by atoms with Gasteiger partial charge in [0.2, 0.25) is 5.88 Å². The molecule has 1 amide bonds. The molecule has 6 nitrogen and oxygen atoms in total. The quantitative estimate of drug-likeness (QED) is 0.838. The van der Waals surface area contributed by atoms with Crippen LogP contribution in [0.15, 0.2) is 12.4 Å². The maximum absolute atomic E-state index is 12.1. The lowest BCUT2D eigenvalue weighted by molar-refractivity contribution is 0.00709. The summed E-state index contributed by atoms with van der Waals surface area (Å²) in [4.78, 5) is 22.1. The molecule has 0 saturated carbocycles. The van der Waals surface area contributed by atoms with E-state index in [1.807, 2.05) is 27.7 Å². The van der Waals surface area contributed by atoms with E-state index in [4.69, 9.17) is 9.47 Å². The lowest BCUT2D eigenvalue weighted by Crippen LogP contribution is -2.46. The first-order valence-corrected chi connectivity index (χ1v) is 7.27. The van der Waals surface area contributed by atoms with E-state index in [0.717, 1.165) is 18.5 Å². The summed E-state index contributed by atoms with van der Waals surface area (Å²) >= 11 is 0. The third kappa shape index (κ3) is 4.58. The van der Waals surface area contributed by atoms with Gasteiger partial charge in [0.25, 0.3) is 0 Å². The van der Waals surface area contributed by atoms with Gasteiger partial charge in [0.05, 0.1) is 12.2 Å². The van der Waals surface area contributed by atoms with Crippen molar-refractivity contribution < 1.29 is 14.3 Å². The normalized spacial score (nSPS) is 19.2. The van der Waals surface area contributed by atoms with Crippen molar-refractivity contribution in [2.45, 2.75) is 52.2 Å². The van der Waals surface area contributed by atoms with E-state index in [1.54, 1.807) is 17.3 Å². The third-order valence-corrected chi connectivity index (χ3v) is 3.14. The minimum Gasteiger partial charge on any atom is -0.471 e. The molecule has 2 heterocycles. The summed E-state index contributed by atoms with van der Waals surface area (Å²) in [6.45, 7) is 8.68. The molecule has 1 aromatic rings. The van der Waals surface area contributed by atoms with Gasteiger partial charge in [-0.2, -0.15) is 0 Å². The second-order valence-corrected chi connectivity index (χ2v) is 6.26. The number of aromatic nitrogens is 2. The Hall–Kier alpha value is -1.85. The summed E-state index contributed by atoms with van der Waals surface area (Å²) in [7, 11) is 0. The van der Waals surface area contributed by atoms with E-state index in [9.17, 15) is 4.79 Å². The average Bonchev–Trinajstić information content (AvgIpc) is 2.40. The lowest BCUT2D eigenvalue weighted by atomic mass is 10.1. The topological polar surface area (TPSA) is 64.6 Å². The fourth-order valence-corrected chi connectivity index (χ4v) is 2.20. The van der Waals surface area contributed by atoms with Crippen molar-refractivity contribution in [1.29, 1.82) is 0 Å². The molecule has 0 aliphatic carbocycles. The van der Waals surface area contributed by atoms with Crippen LogP contribution in [0.5, 0.6) is 5.88 Å². The Morgan fingerprint density at radius 1 is 1.33 bits per heavy atom. The number of likely N-dealkylation sites (tertiary alicyclic amines) is 1. The molecule has 1 aliphatic heterocycles. The fourth-order valence-electron chi connectivity index (χ4n) is 2.20. The number of piperidine rings is 1. The van der Waals surface area contributed by atoms with Crippen LogP contribution in [0.2, 0.25) is 0 Å². The first kappa shape index (κ1) is 15.5. The predicted octanol–water partition coefficient (Wildman–Crippen LogP) is 2.56. The summed E-state index contributed by atoms with van der Waals surface area (Å²) in [5.74, 6) is 0.536. The summed E-state index contributed by atoms with van der Waals surface area (Å²) < 4.78 is 11.3. The van der Waals surface area contributed by atoms with Crippen molar-refractivity contribution >= 4 is 6.09 Å². The average molecular weight is 293 g/mol. The Labute approximate surface area is 125 Å². The largest absolute Gasteiger partial charge is 0.471 e. The van der Waals surface area contributed by atoms with Gasteiger partial charge < -0.3 is 14.4 Å². The van der Waals surface area contributed by atoms with E-state index in [-0.39, 0.29) is 12.2 Å². The van der Waals surface area contributed by atoms with Crippen molar-refractivity contribution in [2.24, 2.45) is 0 Å². The Morgan fingerprint density at radius 3 is 2.71 bits per heavy atom. The SMILES string of the molecule is Cc1nccnc1O[C@H]1CCCN(C(=O)OC(C)(C)C)C1. The number of carbonyl (C=O) groups is 1. The number of aryl methyl sites for hydroxylation is 1. The van der Waals surface area contributed by atoms with Crippen LogP contribution in [0.25, 0.3) is 0 Å². The molecule has 1 atom stereocenters. The predicted molar refractivity (Wildman–Crippen MR) is 78.2 cm³/mol. The van der Waals surface area contributed by atoms with Crippen molar-refractivity contribution in [3.8, 4) is 5.88 Å². The zero-order valence-corrected chi connectivity index (χ0v) is 13.1. The molecule has 21 heavy (non-hydrogen) atoms. The Balaban J connectivity index is 1.95. The van der Waals surface area contributed by atoms with Crippen molar-refractivity contribution in [1.82, 2.24) is 14.9 Å². The molecule has 2 rings (SSSR count). The van der Waals surface area contributed by atoms with E-state index in [1.165, 1.54) is 0 Å². The molecule has 0 radical (unpaired) electrons. The number of amides is 1. The van der Waals surface area contributed by atoms with Gasteiger partial charge in [0, 0.05) is 18.9 Å². The summed E-state index contributed by atoms with van der Waals surface area (Å²) in [6, 6.07) is 0. The summed E-state index contributed by atoms with van der Waals surface area (Å²) in [5.41, 5.74) is 0.277. The lowest BCUT2D eigenvalue weighted by Gasteiger charge is -2.34. The number of hydrogen-bond acceptors (Lipinski definition) is 5. The molecule has 0 N–H and O–H groups in total. The Kier molecular flexibility index (Phi) is 4.65. The van der Waals surface area contributed by atoms with E-state index in [2.05, 4.69) is 9.97 Å². The van der Waals surface area contributed by atoms with Crippen LogP contribution >= 0.6 is 0 Å². The standard InChI is InChI=1S/C15H23N3O3/c1-11-13(17-8-7-16-11)20-12-6-5-9-18(10-12)14(19)21-15(2,3)4/h7-8,12H,5-6,9-10H2,1-4H3/t12-/m0/s1. The molecule has 0 bridgehead atoms. The number of ether oxygens (including phenoxy) is 2. The van der Waals surface area contributed by atoms with E-state index >= 15 is 0 Å². The van der Waals surface area contributed by atoms with Crippen LogP contribution in [0.1, 0.15) is 39.3 Å². The van der Waals surface area contributed by atoms with Crippen molar-refractivity contribution in [2.75, 3.05) is 13.1 Å². The molecular formula is C15H23N3O3. The van der Waals surface area contributed by atoms with Gasteiger partial charge in [-0.05, 0) is 40.5 Å². The minimum absolute atomic E-state index is 0.0679. The molecular weight excluding hydrogens is 270 g/mol. The Bertz CT molecular complexity index is 499. The molecule has 1 aromatic heterocycles. The first-order chi connectivity index (χ1) is 9.85. The van der Waals surface area contributed by atoms with Gasteiger partial charge in [-0.25, -0.2) is 9.78 Å². The van der Waals surface area contributed by atoms with Crippen LogP contribution in [0, 0.1) is 6.92 Å². The van der Waals surface area contributed by atoms with Gasteiger partial charge in [0.1, 0.15) is 11.7 Å². The van der Waals surface area contributed by atoms with Crippen LogP contribution < -0.4 is 4.74 Å². The molecule has 0 unspecified atom stereocenters. The first-order valence-electron chi connectivity index (χ1n) is 7.27. The maximum atomic E-state index is 12.1. The molecule has 116 valence electrons. The van der Waals surface area contributed by atoms with Crippen LogP contribution in [-0.4, -0.2) is 45.8 Å². The van der Waals surface area contributed by atoms with Crippen LogP contribution in [0.4, 0.5) is 4.79 Å². The summed E-state index contributed by atoms with van der Waals surface area (Å²) in [6.07, 6.45) is 4.68. The zero-order valence-electron chi connectivity index (χ0n) is 13.1. The van der Waals surface area contributed by atoms with Gasteiger partial charge >= 0.3 is 6.09 Å². The molecule has 0 aromatic carbocycles. The third-order valence-electron chi connectivity index (χ3n) is 3.14.